The summed E-state index contributed by atoms with van der Waals surface area (Å²) in [5, 5.41) is -0.0710. The Morgan fingerprint density at radius 2 is 1.96 bits per heavy atom. The molecule has 0 aliphatic carbocycles. The molecule has 0 saturated carbocycles. The molecule has 1 aromatic heterocycles. The van der Waals surface area contributed by atoms with Crippen LogP contribution in [0.25, 0.3) is 0 Å². The molecule has 10 heteroatoms. The van der Waals surface area contributed by atoms with Gasteiger partial charge in [-0.1, -0.05) is 6.07 Å². The molecule has 1 aliphatic rings. The summed E-state index contributed by atoms with van der Waals surface area (Å²) >= 11 is 0. The largest absolute Gasteiger partial charge is 0.493 e. The maximum atomic E-state index is 12.8. The van der Waals surface area contributed by atoms with E-state index in [9.17, 15) is 17.2 Å². The first-order valence-corrected chi connectivity index (χ1v) is 9.43. The summed E-state index contributed by atoms with van der Waals surface area (Å²) in [6.45, 7) is -2.97. The highest BCUT2D eigenvalue weighted by Gasteiger charge is 2.29. The van der Waals surface area contributed by atoms with Crippen molar-refractivity contribution >= 4 is 20.6 Å². The van der Waals surface area contributed by atoms with Crippen molar-refractivity contribution in [2.75, 3.05) is 14.2 Å². The summed E-state index contributed by atoms with van der Waals surface area (Å²) in [5.41, 5.74) is 1.09. The molecule has 1 aromatic carbocycles. The smallest absolute Gasteiger partial charge is 0.387 e. The van der Waals surface area contributed by atoms with Gasteiger partial charge in [-0.25, -0.2) is 13.4 Å². The average Bonchev–Trinajstić information content (AvgIpc) is 3.05. The Morgan fingerprint density at radius 3 is 2.63 bits per heavy atom. The van der Waals surface area contributed by atoms with Crippen molar-refractivity contribution in [1.82, 2.24) is 4.98 Å². The normalized spacial score (nSPS) is 13.3. The van der Waals surface area contributed by atoms with Crippen molar-refractivity contribution in [2.45, 2.75) is 18.8 Å². The second-order valence-corrected chi connectivity index (χ2v) is 7.59. The maximum absolute atomic E-state index is 12.8. The third-order valence-electron chi connectivity index (χ3n) is 3.92. The molecule has 0 saturated heterocycles. The number of hydrogen-bond donors (Lipinski definition) is 0. The standard InChI is InChI=1S/C17H16F2N2O5S/c1-24-14-5-6-20-13(16(14)25-2)9-27(22,23)15-7-10-3-4-11(26-17(18)19)8-12(10)21-15/h3-6,8,17H,7,9H2,1-2H3. The Hall–Kier alpha value is -2.75. The minimum atomic E-state index is -3.81. The number of ether oxygens (including phenoxy) is 3. The van der Waals surface area contributed by atoms with Crippen LogP contribution in [-0.4, -0.2) is 39.3 Å². The summed E-state index contributed by atoms with van der Waals surface area (Å²) in [6, 6.07) is 5.71. The van der Waals surface area contributed by atoms with Gasteiger partial charge in [-0.2, -0.15) is 8.78 Å². The van der Waals surface area contributed by atoms with E-state index in [2.05, 4.69) is 14.7 Å². The van der Waals surface area contributed by atoms with Crippen LogP contribution in [0.15, 0.2) is 35.5 Å². The van der Waals surface area contributed by atoms with Crippen molar-refractivity contribution in [3.63, 3.8) is 0 Å². The molecule has 0 spiro atoms. The van der Waals surface area contributed by atoms with E-state index in [1.807, 2.05) is 0 Å². The minimum absolute atomic E-state index is 0.0684. The number of aromatic nitrogens is 1. The Labute approximate surface area is 154 Å². The highest BCUT2D eigenvalue weighted by atomic mass is 32.2. The molecule has 0 bridgehead atoms. The first kappa shape index (κ1) is 19.0. The highest BCUT2D eigenvalue weighted by Crippen LogP contribution is 2.35. The molecule has 2 aromatic rings. The Balaban J connectivity index is 1.88. The lowest BCUT2D eigenvalue weighted by Crippen LogP contribution is -2.18. The molecule has 7 nitrogen and oxygen atoms in total. The zero-order valence-electron chi connectivity index (χ0n) is 14.5. The number of pyridine rings is 1. The van der Waals surface area contributed by atoms with Crippen LogP contribution in [0.5, 0.6) is 17.2 Å². The lowest BCUT2D eigenvalue weighted by Gasteiger charge is -2.11. The fraction of sp³-hybridized carbons (Fsp3) is 0.294. The van der Waals surface area contributed by atoms with Crippen molar-refractivity contribution in [2.24, 2.45) is 4.99 Å². The van der Waals surface area contributed by atoms with Gasteiger partial charge in [0.05, 0.1) is 19.9 Å². The zero-order valence-corrected chi connectivity index (χ0v) is 15.3. The van der Waals surface area contributed by atoms with Crippen molar-refractivity contribution in [3.8, 4) is 17.2 Å². The first-order chi connectivity index (χ1) is 12.8. The van der Waals surface area contributed by atoms with E-state index in [-0.39, 0.29) is 34.3 Å². The van der Waals surface area contributed by atoms with Crippen LogP contribution in [0.3, 0.4) is 0 Å². The molecule has 0 radical (unpaired) electrons. The number of hydrogen-bond acceptors (Lipinski definition) is 7. The predicted molar refractivity (Wildman–Crippen MR) is 93.8 cm³/mol. The molecular weight excluding hydrogens is 382 g/mol. The number of methoxy groups -OCH3 is 2. The fourth-order valence-corrected chi connectivity index (χ4v) is 4.05. The number of nitrogens with zero attached hydrogens (tertiary/aromatic N) is 2. The number of fused-ring (bicyclic) bond motifs is 1. The van der Waals surface area contributed by atoms with Crippen LogP contribution in [-0.2, 0) is 22.0 Å². The summed E-state index contributed by atoms with van der Waals surface area (Å²) in [7, 11) is -0.982. The Kier molecular flexibility index (Phi) is 5.26. The van der Waals surface area contributed by atoms with Gasteiger partial charge in [0.25, 0.3) is 0 Å². The van der Waals surface area contributed by atoms with E-state index in [1.165, 1.54) is 38.6 Å². The van der Waals surface area contributed by atoms with Crippen molar-refractivity contribution < 1.29 is 31.4 Å². The van der Waals surface area contributed by atoms with Crippen LogP contribution < -0.4 is 14.2 Å². The molecule has 0 N–H and O–H groups in total. The quantitative estimate of drug-likeness (QED) is 0.744. The molecular formula is C17H16F2N2O5S. The molecule has 1 aliphatic heterocycles. The number of alkyl halides is 2. The van der Waals surface area contributed by atoms with Crippen LogP contribution in [0.1, 0.15) is 11.3 Å². The summed E-state index contributed by atoms with van der Waals surface area (Å²) in [4.78, 5) is 8.16. The molecule has 27 heavy (non-hydrogen) atoms. The molecule has 0 atom stereocenters. The summed E-state index contributed by atoms with van der Waals surface area (Å²) < 4.78 is 64.9. The van der Waals surface area contributed by atoms with E-state index >= 15 is 0 Å². The van der Waals surface area contributed by atoms with E-state index in [0.29, 0.717) is 11.3 Å². The number of sulfone groups is 1. The van der Waals surface area contributed by atoms with E-state index in [4.69, 9.17) is 9.47 Å². The molecule has 2 heterocycles. The average molecular weight is 398 g/mol. The number of halogens is 2. The van der Waals surface area contributed by atoms with Crippen LogP contribution in [0, 0.1) is 0 Å². The van der Waals surface area contributed by atoms with E-state index in [1.54, 1.807) is 6.07 Å². The van der Waals surface area contributed by atoms with Gasteiger partial charge >= 0.3 is 6.61 Å². The maximum Gasteiger partial charge on any atom is 0.387 e. The third-order valence-corrected chi connectivity index (χ3v) is 5.53. The van der Waals surface area contributed by atoms with Crippen LogP contribution >= 0.6 is 0 Å². The minimum Gasteiger partial charge on any atom is -0.493 e. The number of benzene rings is 1. The zero-order chi connectivity index (χ0) is 19.6. The second kappa shape index (κ2) is 7.47. The summed E-state index contributed by atoms with van der Waals surface area (Å²) in [6.07, 6.45) is 1.49. The van der Waals surface area contributed by atoms with Gasteiger partial charge in [0.1, 0.15) is 22.2 Å². The van der Waals surface area contributed by atoms with E-state index < -0.39 is 22.2 Å². The van der Waals surface area contributed by atoms with Crippen molar-refractivity contribution in [3.05, 3.63) is 41.7 Å². The first-order valence-electron chi connectivity index (χ1n) is 7.78. The van der Waals surface area contributed by atoms with Crippen molar-refractivity contribution in [1.29, 1.82) is 0 Å². The van der Waals surface area contributed by atoms with Gasteiger partial charge in [0.2, 0.25) is 0 Å². The lowest BCUT2D eigenvalue weighted by molar-refractivity contribution is -0.0498. The fourth-order valence-electron chi connectivity index (χ4n) is 2.71. The van der Waals surface area contributed by atoms with Gasteiger partial charge in [0, 0.05) is 24.8 Å². The van der Waals surface area contributed by atoms with Gasteiger partial charge < -0.3 is 14.2 Å². The van der Waals surface area contributed by atoms with E-state index in [0.717, 1.165) is 0 Å². The SMILES string of the molecule is COc1ccnc(CS(=O)(=O)C2=Nc3cc(OC(F)F)ccc3C2)c1OC. The predicted octanol–water partition coefficient (Wildman–Crippen LogP) is 2.90. The molecule has 144 valence electrons. The monoisotopic (exact) mass is 398 g/mol. The third kappa shape index (κ3) is 4.00. The molecule has 0 amide bonds. The van der Waals surface area contributed by atoms with Gasteiger partial charge in [-0.3, -0.25) is 4.98 Å². The van der Waals surface area contributed by atoms with Gasteiger partial charge in [-0.05, 0) is 11.6 Å². The van der Waals surface area contributed by atoms with Gasteiger partial charge in [0.15, 0.2) is 21.3 Å². The summed E-state index contributed by atoms with van der Waals surface area (Å²) in [5.74, 6) is 0.0818. The molecule has 0 fully saturated rings. The number of aliphatic imine (C=N–C) groups is 1. The van der Waals surface area contributed by atoms with Gasteiger partial charge in [-0.15, -0.1) is 0 Å². The Morgan fingerprint density at radius 1 is 1.19 bits per heavy atom. The molecule has 3 rings (SSSR count). The Bertz CT molecular complexity index is 993. The topological polar surface area (TPSA) is 87.1 Å². The highest BCUT2D eigenvalue weighted by molar-refractivity contribution is 8.05. The van der Waals surface area contributed by atoms with Crippen LogP contribution in [0.2, 0.25) is 0 Å². The second-order valence-electron chi connectivity index (χ2n) is 5.60. The van der Waals surface area contributed by atoms with Crippen LogP contribution in [0.4, 0.5) is 14.5 Å². The number of rotatable bonds is 6. The molecule has 0 unspecified atom stereocenters. The lowest BCUT2D eigenvalue weighted by atomic mass is 10.1.